The highest BCUT2D eigenvalue weighted by molar-refractivity contribution is 5.98. The molecule has 2 amide bonds. The Morgan fingerprint density at radius 2 is 1.38 bits per heavy atom. The first-order valence-corrected chi connectivity index (χ1v) is 8.00. The Morgan fingerprint density at radius 1 is 0.844 bits per heavy atom. The number of alkyl halides is 9. The van der Waals surface area contributed by atoms with Crippen LogP contribution in [-0.2, 0) is 6.18 Å². The summed E-state index contributed by atoms with van der Waals surface area (Å²) in [5.74, 6) is -2.57. The van der Waals surface area contributed by atoms with Gasteiger partial charge in [0, 0.05) is 0 Å². The second-order valence-corrected chi connectivity index (χ2v) is 5.68. The highest BCUT2D eigenvalue weighted by atomic mass is 19.4. The molecule has 0 radical (unpaired) electrons. The van der Waals surface area contributed by atoms with Crippen LogP contribution < -0.4 is 20.1 Å². The van der Waals surface area contributed by atoms with Gasteiger partial charge in [-0.1, -0.05) is 0 Å². The average Bonchev–Trinajstić information content (AvgIpc) is 2.63. The molecular formula is C15H10F9N5O3. The Hall–Kier alpha value is -3.53. The third kappa shape index (κ3) is 8.68. The molecule has 0 aromatic carbocycles. The van der Waals surface area contributed by atoms with E-state index in [1.54, 1.807) is 0 Å². The van der Waals surface area contributed by atoms with Crippen molar-refractivity contribution in [3.05, 3.63) is 30.1 Å². The molecular weight excluding hydrogens is 469 g/mol. The topological polar surface area (TPSA) is 98.3 Å². The van der Waals surface area contributed by atoms with E-state index >= 15 is 0 Å². The molecule has 2 heterocycles. The molecule has 2 rings (SSSR count). The zero-order valence-electron chi connectivity index (χ0n) is 15.2. The number of aromatic nitrogens is 3. The smallest absolute Gasteiger partial charge is 0.433 e. The molecule has 32 heavy (non-hydrogen) atoms. The van der Waals surface area contributed by atoms with Crippen LogP contribution >= 0.6 is 0 Å². The number of halogens is 9. The zero-order valence-corrected chi connectivity index (χ0v) is 15.2. The second-order valence-electron chi connectivity index (χ2n) is 5.68. The maximum Gasteiger partial charge on any atom is 0.433 e. The summed E-state index contributed by atoms with van der Waals surface area (Å²) in [7, 11) is 0. The minimum Gasteiger partial charge on any atom is -0.468 e. The zero-order chi connectivity index (χ0) is 24.2. The van der Waals surface area contributed by atoms with Crippen molar-refractivity contribution in [3.8, 4) is 11.8 Å². The first-order valence-electron chi connectivity index (χ1n) is 8.00. The van der Waals surface area contributed by atoms with E-state index in [1.165, 1.54) is 0 Å². The number of urea groups is 1. The molecule has 0 atom stereocenters. The summed E-state index contributed by atoms with van der Waals surface area (Å²) in [6.45, 7) is -3.71. The highest BCUT2D eigenvalue weighted by Crippen LogP contribution is 2.28. The van der Waals surface area contributed by atoms with Crippen LogP contribution in [0.15, 0.2) is 24.4 Å². The van der Waals surface area contributed by atoms with Crippen molar-refractivity contribution in [2.24, 2.45) is 0 Å². The van der Waals surface area contributed by atoms with E-state index < -0.39 is 61.2 Å². The summed E-state index contributed by atoms with van der Waals surface area (Å²) in [5, 5.41) is 3.88. The Kier molecular flexibility index (Phi) is 7.20. The van der Waals surface area contributed by atoms with Gasteiger partial charge in [-0.25, -0.2) is 9.78 Å². The summed E-state index contributed by atoms with van der Waals surface area (Å²) in [5.41, 5.74) is -1.47. The molecule has 0 aliphatic carbocycles. The molecule has 2 aromatic heterocycles. The Labute approximate surface area is 171 Å². The lowest BCUT2D eigenvalue weighted by Gasteiger charge is -2.13. The largest absolute Gasteiger partial charge is 0.468 e. The number of nitrogens with one attached hydrogen (secondary N) is 2. The lowest BCUT2D eigenvalue weighted by molar-refractivity contribution is -0.154. The summed E-state index contributed by atoms with van der Waals surface area (Å²) >= 11 is 0. The number of anilines is 2. The SMILES string of the molecule is O=C(Nc1ccc(C(F)(F)F)nc1)Nc1nc(OCC(F)(F)F)cc(OCC(F)(F)F)n1. The first kappa shape index (κ1) is 24.7. The van der Waals surface area contributed by atoms with Gasteiger partial charge in [-0.2, -0.15) is 49.5 Å². The van der Waals surface area contributed by atoms with Gasteiger partial charge in [-0.3, -0.25) is 5.32 Å². The van der Waals surface area contributed by atoms with Crippen molar-refractivity contribution in [1.82, 2.24) is 15.0 Å². The molecule has 0 saturated heterocycles. The van der Waals surface area contributed by atoms with E-state index in [0.717, 1.165) is 6.07 Å². The number of amides is 2. The van der Waals surface area contributed by atoms with E-state index in [4.69, 9.17) is 0 Å². The fourth-order valence-electron chi connectivity index (χ4n) is 1.82. The van der Waals surface area contributed by atoms with Crippen LogP contribution in [0.5, 0.6) is 11.8 Å². The van der Waals surface area contributed by atoms with Gasteiger partial charge in [-0.15, -0.1) is 0 Å². The number of hydrogen-bond donors (Lipinski definition) is 2. The van der Waals surface area contributed by atoms with E-state index in [0.29, 0.717) is 18.3 Å². The van der Waals surface area contributed by atoms with Crippen LogP contribution in [0, 0.1) is 0 Å². The average molecular weight is 479 g/mol. The molecule has 0 aliphatic heterocycles. The number of rotatable bonds is 6. The Morgan fingerprint density at radius 3 is 1.78 bits per heavy atom. The third-order valence-corrected chi connectivity index (χ3v) is 2.98. The molecule has 8 nitrogen and oxygen atoms in total. The van der Waals surface area contributed by atoms with Crippen molar-refractivity contribution >= 4 is 17.7 Å². The van der Waals surface area contributed by atoms with Gasteiger partial charge in [-0.05, 0) is 12.1 Å². The molecule has 0 bridgehead atoms. The molecule has 0 fully saturated rings. The number of nitrogens with zero attached hydrogens (tertiary/aromatic N) is 3. The van der Waals surface area contributed by atoms with Crippen LogP contribution in [0.2, 0.25) is 0 Å². The number of hydrogen-bond acceptors (Lipinski definition) is 6. The normalized spacial score (nSPS) is 12.3. The first-order chi connectivity index (χ1) is 14.6. The maximum absolute atomic E-state index is 12.5. The number of carbonyl (C=O) groups is 1. The standard InChI is InChI=1S/C15H10F9N5O3/c16-13(17,18)5-31-9-3-10(32-6-14(19,20)21)28-11(27-9)29-12(30)26-7-1-2-8(25-4-7)15(22,23)24/h1-4H,5-6H2,(H2,26,27,28,29,30). The molecule has 2 aromatic rings. The number of ether oxygens (including phenoxy) is 2. The molecule has 2 N–H and O–H groups in total. The molecule has 17 heteroatoms. The Balaban J connectivity index is 2.14. The van der Waals surface area contributed by atoms with Crippen molar-refractivity contribution in [1.29, 1.82) is 0 Å². The molecule has 0 unspecified atom stereocenters. The van der Waals surface area contributed by atoms with Gasteiger partial charge in [0.2, 0.25) is 17.7 Å². The Bertz CT molecular complexity index is 894. The van der Waals surface area contributed by atoms with Crippen molar-refractivity contribution in [3.63, 3.8) is 0 Å². The van der Waals surface area contributed by atoms with Crippen LogP contribution in [0.3, 0.4) is 0 Å². The van der Waals surface area contributed by atoms with Gasteiger partial charge in [0.15, 0.2) is 13.2 Å². The lowest BCUT2D eigenvalue weighted by atomic mass is 10.3. The second kappa shape index (κ2) is 9.31. The minimum atomic E-state index is -4.81. The van der Waals surface area contributed by atoms with Crippen molar-refractivity contribution in [2.45, 2.75) is 18.5 Å². The molecule has 176 valence electrons. The molecule has 0 aliphatic rings. The summed E-state index contributed by atoms with van der Waals surface area (Å²) in [6, 6.07) is 0.722. The third-order valence-electron chi connectivity index (χ3n) is 2.98. The summed E-state index contributed by atoms with van der Waals surface area (Å²) in [6.07, 6.45) is -13.7. The molecule has 0 spiro atoms. The predicted octanol–water partition coefficient (Wildman–Crippen LogP) is 4.42. The van der Waals surface area contributed by atoms with Gasteiger partial charge in [0.05, 0.1) is 18.0 Å². The number of carbonyl (C=O) groups excluding carboxylic acids is 1. The summed E-state index contributed by atoms with van der Waals surface area (Å²) < 4.78 is 120. The quantitative estimate of drug-likeness (QED) is 0.596. The van der Waals surface area contributed by atoms with E-state index in [2.05, 4.69) is 24.4 Å². The van der Waals surface area contributed by atoms with E-state index in [1.807, 2.05) is 10.6 Å². The fourth-order valence-corrected chi connectivity index (χ4v) is 1.82. The monoisotopic (exact) mass is 479 g/mol. The van der Waals surface area contributed by atoms with E-state index in [9.17, 15) is 44.3 Å². The fraction of sp³-hybridized carbons (Fsp3) is 0.333. The van der Waals surface area contributed by atoms with Crippen LogP contribution in [-0.4, -0.2) is 46.5 Å². The lowest BCUT2D eigenvalue weighted by Crippen LogP contribution is -2.23. The van der Waals surface area contributed by atoms with Gasteiger partial charge >= 0.3 is 24.6 Å². The van der Waals surface area contributed by atoms with Gasteiger partial charge in [0.1, 0.15) is 5.69 Å². The summed E-state index contributed by atoms with van der Waals surface area (Å²) in [4.78, 5) is 21.8. The van der Waals surface area contributed by atoms with Crippen LogP contribution in [0.25, 0.3) is 0 Å². The van der Waals surface area contributed by atoms with Crippen molar-refractivity contribution in [2.75, 3.05) is 23.8 Å². The maximum atomic E-state index is 12.5. The van der Waals surface area contributed by atoms with Crippen LogP contribution in [0.1, 0.15) is 5.69 Å². The predicted molar refractivity (Wildman–Crippen MR) is 87.0 cm³/mol. The number of pyridine rings is 1. The minimum absolute atomic E-state index is 0.228. The van der Waals surface area contributed by atoms with Gasteiger partial charge < -0.3 is 14.8 Å². The van der Waals surface area contributed by atoms with Crippen molar-refractivity contribution < 1.29 is 53.8 Å². The van der Waals surface area contributed by atoms with Gasteiger partial charge in [0.25, 0.3) is 0 Å². The van der Waals surface area contributed by atoms with Crippen LogP contribution in [0.4, 0.5) is 55.9 Å². The highest BCUT2D eigenvalue weighted by Gasteiger charge is 2.32. The van der Waals surface area contributed by atoms with E-state index in [-0.39, 0.29) is 5.69 Å². The molecule has 0 saturated carbocycles.